The first kappa shape index (κ1) is 27.8. The lowest BCUT2D eigenvalue weighted by molar-refractivity contribution is -0.384. The summed E-state index contributed by atoms with van der Waals surface area (Å²) in [6.45, 7) is 1.80. The van der Waals surface area contributed by atoms with Crippen LogP contribution in [-0.2, 0) is 10.0 Å². The number of hydrogen-bond donors (Lipinski definition) is 2. The van der Waals surface area contributed by atoms with E-state index in [1.165, 1.54) is 42.5 Å². The van der Waals surface area contributed by atoms with Crippen molar-refractivity contribution in [3.8, 4) is 0 Å². The third kappa shape index (κ3) is 6.26. The maximum Gasteiger partial charge on any atom is 0.270 e. The Kier molecular flexibility index (Phi) is 8.01. The fourth-order valence-electron chi connectivity index (χ4n) is 3.64. The first-order valence-corrected chi connectivity index (χ1v) is 13.5. The molecule has 0 heterocycles. The smallest absolute Gasteiger partial charge is 0.270 e. The van der Waals surface area contributed by atoms with Crippen LogP contribution in [0.25, 0.3) is 0 Å². The molecule has 9 nitrogen and oxygen atoms in total. The Morgan fingerprint density at radius 3 is 2.15 bits per heavy atom. The number of non-ortho nitro benzene ring substituents is 1. The molecule has 1 amide bonds. The molecule has 0 saturated heterocycles. The van der Waals surface area contributed by atoms with E-state index in [-0.39, 0.29) is 43.0 Å². The van der Waals surface area contributed by atoms with Gasteiger partial charge in [0.15, 0.2) is 5.78 Å². The number of hydrogen-bond acceptors (Lipinski definition) is 6. The predicted octanol–water partition coefficient (Wildman–Crippen LogP) is 6.49. The van der Waals surface area contributed by atoms with E-state index in [9.17, 15) is 28.1 Å². The summed E-state index contributed by atoms with van der Waals surface area (Å²) < 4.78 is 28.3. The molecule has 12 heteroatoms. The average molecular weight is 584 g/mol. The summed E-state index contributed by atoms with van der Waals surface area (Å²) in [6.07, 6.45) is 0. The summed E-state index contributed by atoms with van der Waals surface area (Å²) in [6, 6.07) is 19.6. The maximum atomic E-state index is 13.4. The number of nitrogens with one attached hydrogen (secondary N) is 2. The lowest BCUT2D eigenvalue weighted by atomic mass is 10.0. The van der Waals surface area contributed by atoms with Crippen LogP contribution >= 0.6 is 23.2 Å². The summed E-state index contributed by atoms with van der Waals surface area (Å²) in [5, 5.41) is 14.4. The number of nitro groups is 1. The second-order valence-electron chi connectivity index (χ2n) is 8.36. The molecule has 0 aromatic heterocycles. The van der Waals surface area contributed by atoms with E-state index in [1.54, 1.807) is 31.2 Å². The fourth-order valence-corrected chi connectivity index (χ4v) is 5.11. The number of rotatable bonds is 8. The number of amides is 1. The van der Waals surface area contributed by atoms with Crippen LogP contribution in [-0.4, -0.2) is 25.0 Å². The molecule has 0 aliphatic rings. The molecular weight excluding hydrogens is 565 g/mol. The molecule has 0 radical (unpaired) electrons. The molecule has 0 aliphatic heterocycles. The molecule has 0 atom stereocenters. The Labute approximate surface area is 233 Å². The lowest BCUT2D eigenvalue weighted by Gasteiger charge is -2.15. The molecular formula is C27H19Cl2N3O6S. The van der Waals surface area contributed by atoms with Crippen molar-refractivity contribution < 1.29 is 22.9 Å². The van der Waals surface area contributed by atoms with Crippen molar-refractivity contribution in [1.82, 2.24) is 0 Å². The molecule has 0 fully saturated rings. The topological polar surface area (TPSA) is 135 Å². The molecule has 4 aromatic carbocycles. The van der Waals surface area contributed by atoms with E-state index < -0.39 is 32.3 Å². The van der Waals surface area contributed by atoms with Crippen LogP contribution in [0.3, 0.4) is 0 Å². The fraction of sp³-hybridized carbons (Fsp3) is 0.0370. The van der Waals surface area contributed by atoms with E-state index in [4.69, 9.17) is 23.2 Å². The van der Waals surface area contributed by atoms with Crippen LogP contribution in [0.5, 0.6) is 0 Å². The minimum absolute atomic E-state index is 0.0103. The Morgan fingerprint density at radius 2 is 1.49 bits per heavy atom. The van der Waals surface area contributed by atoms with Crippen LogP contribution in [0.15, 0.2) is 89.8 Å². The van der Waals surface area contributed by atoms with Crippen LogP contribution in [0.2, 0.25) is 10.0 Å². The van der Waals surface area contributed by atoms with Crippen molar-refractivity contribution in [3.05, 3.63) is 127 Å². The van der Waals surface area contributed by atoms with Crippen molar-refractivity contribution in [2.45, 2.75) is 11.8 Å². The van der Waals surface area contributed by atoms with E-state index in [2.05, 4.69) is 10.0 Å². The van der Waals surface area contributed by atoms with Crippen LogP contribution in [0.4, 0.5) is 17.1 Å². The van der Waals surface area contributed by atoms with Gasteiger partial charge in [-0.15, -0.1) is 0 Å². The van der Waals surface area contributed by atoms with Crippen molar-refractivity contribution in [2.24, 2.45) is 0 Å². The largest absolute Gasteiger partial charge is 0.321 e. The van der Waals surface area contributed by atoms with Crippen LogP contribution in [0, 0.1) is 17.0 Å². The van der Waals surface area contributed by atoms with Gasteiger partial charge in [-0.05, 0) is 55.5 Å². The van der Waals surface area contributed by atoms with Crippen LogP contribution in [0.1, 0.15) is 31.8 Å². The molecule has 0 saturated carbocycles. The van der Waals surface area contributed by atoms with Gasteiger partial charge in [0, 0.05) is 28.3 Å². The number of carbonyl (C=O) groups excluding carboxylic acids is 2. The molecule has 4 aromatic rings. The van der Waals surface area contributed by atoms with Gasteiger partial charge < -0.3 is 5.32 Å². The highest BCUT2D eigenvalue weighted by Crippen LogP contribution is 2.29. The zero-order chi connectivity index (χ0) is 28.3. The zero-order valence-electron chi connectivity index (χ0n) is 20.1. The monoisotopic (exact) mass is 583 g/mol. The molecule has 4 rings (SSSR count). The van der Waals surface area contributed by atoms with Gasteiger partial charge in [0.2, 0.25) is 0 Å². The maximum absolute atomic E-state index is 13.4. The predicted molar refractivity (Wildman–Crippen MR) is 149 cm³/mol. The standard InChI is InChI=1S/C27H19Cl2N3O6S/c1-16-6-10-19(11-7-16)39(37,38)31-25-13-9-18(32(35)36)15-22(25)27(34)30-24-12-8-17(28)14-21(24)26(33)20-4-2-3-5-23(20)29/h2-15,31H,1H3,(H,30,34). The third-order valence-corrected chi connectivity index (χ3v) is 7.57. The highest BCUT2D eigenvalue weighted by molar-refractivity contribution is 7.92. The SMILES string of the molecule is Cc1ccc(S(=O)(=O)Nc2ccc([N+](=O)[O-])cc2C(=O)Nc2ccc(Cl)cc2C(=O)c2ccccc2Cl)cc1. The van der Waals surface area contributed by atoms with Gasteiger partial charge in [-0.25, -0.2) is 8.42 Å². The second kappa shape index (κ2) is 11.2. The Morgan fingerprint density at radius 1 is 0.821 bits per heavy atom. The van der Waals surface area contributed by atoms with Gasteiger partial charge in [0.1, 0.15) is 0 Å². The summed E-state index contributed by atoms with van der Waals surface area (Å²) in [7, 11) is -4.15. The van der Waals surface area contributed by atoms with Crippen molar-refractivity contribution in [1.29, 1.82) is 0 Å². The number of nitro benzene ring substituents is 1. The van der Waals surface area contributed by atoms with E-state index in [1.807, 2.05) is 0 Å². The first-order chi connectivity index (χ1) is 18.5. The number of nitrogens with zero attached hydrogens (tertiary/aromatic N) is 1. The number of sulfonamides is 1. The zero-order valence-corrected chi connectivity index (χ0v) is 22.5. The van der Waals surface area contributed by atoms with Gasteiger partial charge in [-0.3, -0.25) is 24.4 Å². The summed E-state index contributed by atoms with van der Waals surface area (Å²) in [5.41, 5.74) is 0.0668. The Balaban J connectivity index is 1.73. The van der Waals surface area contributed by atoms with Crippen molar-refractivity contribution in [2.75, 3.05) is 10.0 Å². The van der Waals surface area contributed by atoms with E-state index in [0.29, 0.717) is 0 Å². The third-order valence-electron chi connectivity index (χ3n) is 5.63. The summed E-state index contributed by atoms with van der Waals surface area (Å²) >= 11 is 12.3. The number of aryl methyl sites for hydroxylation is 1. The minimum atomic E-state index is -4.15. The highest BCUT2D eigenvalue weighted by atomic mass is 35.5. The number of benzene rings is 4. The normalized spacial score (nSPS) is 11.1. The van der Waals surface area contributed by atoms with Gasteiger partial charge >= 0.3 is 0 Å². The Hall–Kier alpha value is -4.25. The van der Waals surface area contributed by atoms with E-state index in [0.717, 1.165) is 23.8 Å². The van der Waals surface area contributed by atoms with Gasteiger partial charge in [-0.1, -0.05) is 53.0 Å². The molecule has 2 N–H and O–H groups in total. The van der Waals surface area contributed by atoms with Crippen molar-refractivity contribution >= 4 is 62.0 Å². The number of carbonyl (C=O) groups is 2. The highest BCUT2D eigenvalue weighted by Gasteiger charge is 2.24. The van der Waals surface area contributed by atoms with Gasteiger partial charge in [0.25, 0.3) is 21.6 Å². The summed E-state index contributed by atoms with van der Waals surface area (Å²) in [5.74, 6) is -1.44. The minimum Gasteiger partial charge on any atom is -0.321 e. The molecule has 39 heavy (non-hydrogen) atoms. The molecule has 0 aliphatic carbocycles. The molecule has 198 valence electrons. The van der Waals surface area contributed by atoms with Crippen molar-refractivity contribution in [3.63, 3.8) is 0 Å². The first-order valence-electron chi connectivity index (χ1n) is 11.2. The lowest BCUT2D eigenvalue weighted by Crippen LogP contribution is -2.20. The molecule has 0 bridgehead atoms. The van der Waals surface area contributed by atoms with Gasteiger partial charge in [0.05, 0.1) is 31.8 Å². The molecule has 0 unspecified atom stereocenters. The molecule has 0 spiro atoms. The summed E-state index contributed by atoms with van der Waals surface area (Å²) in [4.78, 5) is 37.3. The van der Waals surface area contributed by atoms with Gasteiger partial charge in [-0.2, -0.15) is 0 Å². The number of halogens is 2. The number of anilines is 2. The quantitative estimate of drug-likeness (QED) is 0.138. The Bertz CT molecular complexity index is 1720. The van der Waals surface area contributed by atoms with Crippen LogP contribution < -0.4 is 10.0 Å². The number of ketones is 1. The average Bonchev–Trinajstić information content (AvgIpc) is 2.89. The second-order valence-corrected chi connectivity index (χ2v) is 10.9. The van der Waals surface area contributed by atoms with E-state index >= 15 is 0 Å².